The van der Waals surface area contributed by atoms with Gasteiger partial charge in [0.25, 0.3) is 0 Å². The Morgan fingerprint density at radius 3 is 1.74 bits per heavy atom. The number of hydrogen-bond donors (Lipinski definition) is 0. The number of nitrogens with zero attached hydrogens (tertiary/aromatic N) is 5. The maximum atomic E-state index is 5.33. The van der Waals surface area contributed by atoms with Crippen molar-refractivity contribution in [3.63, 3.8) is 0 Å². The molecule has 5 nitrogen and oxygen atoms in total. The highest BCUT2D eigenvalue weighted by atomic mass is 15.1. The second kappa shape index (κ2) is 11.2. The fourth-order valence-electron chi connectivity index (χ4n) is 6.45. The molecular weight excluding hydrogens is 574 g/mol. The Hall–Kier alpha value is -6.46. The van der Waals surface area contributed by atoms with E-state index < -0.39 is 0 Å². The van der Waals surface area contributed by atoms with Crippen LogP contribution in [0.2, 0.25) is 0 Å². The summed E-state index contributed by atoms with van der Waals surface area (Å²) in [5.41, 5.74) is 11.0. The molecule has 0 spiro atoms. The molecule has 4 aromatic heterocycles. The summed E-state index contributed by atoms with van der Waals surface area (Å²) in [4.78, 5) is 19.6. The van der Waals surface area contributed by atoms with Gasteiger partial charge in [0.05, 0.1) is 33.6 Å². The van der Waals surface area contributed by atoms with Crippen LogP contribution in [0.1, 0.15) is 0 Å². The average Bonchev–Trinajstić information content (AvgIpc) is 3.55. The third-order valence-corrected chi connectivity index (χ3v) is 8.71. The molecule has 9 aromatic rings. The van der Waals surface area contributed by atoms with Crippen molar-refractivity contribution in [2.45, 2.75) is 0 Å². The minimum atomic E-state index is 0.901. The molecule has 0 aliphatic carbocycles. The standard InChI is InChI=1S/C42H27N5/c1-2-10-32(11-3-1)47-40-15-5-4-14-38(40)46-42(47)29-18-16-28(17-19-29)41-35-26-30(36-12-6-8-24-43-36)20-22-33(35)34-23-21-31(27-39(34)45-41)37-13-7-9-25-44-37/h1-27H. The summed E-state index contributed by atoms with van der Waals surface area (Å²) in [7, 11) is 0. The number of aromatic nitrogens is 5. The van der Waals surface area contributed by atoms with Gasteiger partial charge >= 0.3 is 0 Å². The number of rotatable bonds is 5. The lowest BCUT2D eigenvalue weighted by molar-refractivity contribution is 1.10. The molecule has 0 amide bonds. The molecular formula is C42H27N5. The lowest BCUT2D eigenvalue weighted by atomic mass is 9.96. The first kappa shape index (κ1) is 26.9. The molecule has 47 heavy (non-hydrogen) atoms. The van der Waals surface area contributed by atoms with Gasteiger partial charge in [-0.1, -0.05) is 91.0 Å². The van der Waals surface area contributed by atoms with Crippen LogP contribution in [-0.2, 0) is 0 Å². The number of benzene rings is 5. The van der Waals surface area contributed by atoms with E-state index in [2.05, 4.69) is 118 Å². The Labute approximate surface area is 271 Å². The van der Waals surface area contributed by atoms with E-state index in [1.165, 1.54) is 0 Å². The highest BCUT2D eigenvalue weighted by Gasteiger charge is 2.17. The molecule has 0 atom stereocenters. The van der Waals surface area contributed by atoms with Gasteiger partial charge in [-0.05, 0) is 66.0 Å². The van der Waals surface area contributed by atoms with E-state index in [1.807, 2.05) is 60.9 Å². The average molecular weight is 602 g/mol. The van der Waals surface area contributed by atoms with Crippen LogP contribution >= 0.6 is 0 Å². The van der Waals surface area contributed by atoms with Crippen LogP contribution in [0, 0.1) is 0 Å². The second-order valence-electron chi connectivity index (χ2n) is 11.6. The first-order valence-electron chi connectivity index (χ1n) is 15.6. The summed E-state index contributed by atoms with van der Waals surface area (Å²) < 4.78 is 2.23. The molecule has 0 aliphatic rings. The quantitative estimate of drug-likeness (QED) is 0.184. The summed E-state index contributed by atoms with van der Waals surface area (Å²) in [6, 6.07) is 52.3. The van der Waals surface area contributed by atoms with Crippen molar-refractivity contribution in [2.75, 3.05) is 0 Å². The Morgan fingerprint density at radius 1 is 0.404 bits per heavy atom. The van der Waals surface area contributed by atoms with Gasteiger partial charge in [0.15, 0.2) is 0 Å². The van der Waals surface area contributed by atoms with Crippen molar-refractivity contribution in [3.05, 3.63) is 164 Å². The third kappa shape index (κ3) is 4.73. The third-order valence-electron chi connectivity index (χ3n) is 8.71. The fraction of sp³-hybridized carbons (Fsp3) is 0. The van der Waals surface area contributed by atoms with Crippen molar-refractivity contribution in [3.8, 4) is 50.8 Å². The van der Waals surface area contributed by atoms with E-state index >= 15 is 0 Å². The van der Waals surface area contributed by atoms with Crippen molar-refractivity contribution in [1.82, 2.24) is 24.5 Å². The predicted molar refractivity (Wildman–Crippen MR) is 191 cm³/mol. The van der Waals surface area contributed by atoms with Crippen molar-refractivity contribution < 1.29 is 0 Å². The number of para-hydroxylation sites is 3. The van der Waals surface area contributed by atoms with Crippen molar-refractivity contribution in [1.29, 1.82) is 0 Å². The maximum absolute atomic E-state index is 5.33. The first-order chi connectivity index (χ1) is 23.3. The van der Waals surface area contributed by atoms with Gasteiger partial charge in [0.1, 0.15) is 5.82 Å². The van der Waals surface area contributed by atoms with Gasteiger partial charge in [-0.3, -0.25) is 14.5 Å². The number of fused-ring (bicyclic) bond motifs is 4. The number of hydrogen-bond acceptors (Lipinski definition) is 4. The Bertz CT molecular complexity index is 2540. The zero-order chi connectivity index (χ0) is 31.2. The van der Waals surface area contributed by atoms with E-state index in [0.717, 1.165) is 83.6 Å². The van der Waals surface area contributed by atoms with Crippen LogP contribution in [0.15, 0.2) is 164 Å². The van der Waals surface area contributed by atoms with Gasteiger partial charge in [0.2, 0.25) is 0 Å². The summed E-state index contributed by atoms with van der Waals surface area (Å²) >= 11 is 0. The highest BCUT2D eigenvalue weighted by Crippen LogP contribution is 2.37. The first-order valence-corrected chi connectivity index (χ1v) is 15.6. The zero-order valence-corrected chi connectivity index (χ0v) is 25.3. The molecule has 0 radical (unpaired) electrons. The lowest BCUT2D eigenvalue weighted by Crippen LogP contribution is -1.97. The molecule has 5 aromatic carbocycles. The molecule has 220 valence electrons. The van der Waals surface area contributed by atoms with Gasteiger partial charge in [-0.2, -0.15) is 0 Å². The van der Waals surface area contributed by atoms with E-state index in [0.29, 0.717) is 0 Å². The van der Waals surface area contributed by atoms with Gasteiger partial charge in [0, 0.05) is 51.1 Å². The normalized spacial score (nSPS) is 11.4. The molecule has 0 saturated carbocycles. The van der Waals surface area contributed by atoms with Crippen LogP contribution in [0.25, 0.3) is 83.6 Å². The van der Waals surface area contributed by atoms with Crippen molar-refractivity contribution >= 4 is 32.7 Å². The van der Waals surface area contributed by atoms with Crippen molar-refractivity contribution in [2.24, 2.45) is 0 Å². The molecule has 0 unspecified atom stereocenters. The van der Waals surface area contributed by atoms with Crippen LogP contribution in [0.4, 0.5) is 0 Å². The predicted octanol–water partition coefficient (Wildman–Crippen LogP) is 10.2. The van der Waals surface area contributed by atoms with Gasteiger partial charge in [-0.15, -0.1) is 0 Å². The zero-order valence-electron chi connectivity index (χ0n) is 25.3. The number of imidazole rings is 1. The smallest absolute Gasteiger partial charge is 0.145 e. The summed E-state index contributed by atoms with van der Waals surface area (Å²) in [6.07, 6.45) is 3.66. The maximum Gasteiger partial charge on any atom is 0.145 e. The summed E-state index contributed by atoms with van der Waals surface area (Å²) in [6.45, 7) is 0. The van der Waals surface area contributed by atoms with Crippen LogP contribution in [-0.4, -0.2) is 24.5 Å². The monoisotopic (exact) mass is 601 g/mol. The van der Waals surface area contributed by atoms with Crippen LogP contribution in [0.3, 0.4) is 0 Å². The van der Waals surface area contributed by atoms with E-state index in [1.54, 1.807) is 0 Å². The molecule has 0 saturated heterocycles. The topological polar surface area (TPSA) is 56.5 Å². The molecule has 4 heterocycles. The Kier molecular flexibility index (Phi) is 6.39. The highest BCUT2D eigenvalue weighted by molar-refractivity contribution is 6.12. The SMILES string of the molecule is c1ccc(-n2c(-c3ccc(-c4nc5cc(-c6ccccn6)ccc5c5ccc(-c6ccccn6)cc45)cc3)nc3ccccc32)cc1. The fourth-order valence-corrected chi connectivity index (χ4v) is 6.45. The Morgan fingerprint density at radius 2 is 1.02 bits per heavy atom. The van der Waals surface area contributed by atoms with Crippen LogP contribution in [0.5, 0.6) is 0 Å². The molecule has 0 N–H and O–H groups in total. The van der Waals surface area contributed by atoms with E-state index in [9.17, 15) is 0 Å². The van der Waals surface area contributed by atoms with E-state index in [4.69, 9.17) is 9.97 Å². The molecule has 5 heteroatoms. The van der Waals surface area contributed by atoms with Gasteiger partial charge < -0.3 is 0 Å². The molecule has 9 rings (SSSR count). The van der Waals surface area contributed by atoms with Crippen LogP contribution < -0.4 is 0 Å². The summed E-state index contributed by atoms with van der Waals surface area (Å²) in [5.74, 6) is 0.901. The largest absolute Gasteiger partial charge is 0.292 e. The number of pyridine rings is 3. The Balaban J connectivity index is 1.23. The summed E-state index contributed by atoms with van der Waals surface area (Å²) in [5, 5.41) is 3.33. The molecule has 0 fully saturated rings. The molecule has 0 bridgehead atoms. The minimum Gasteiger partial charge on any atom is -0.292 e. The van der Waals surface area contributed by atoms with Gasteiger partial charge in [-0.25, -0.2) is 9.97 Å². The lowest BCUT2D eigenvalue weighted by Gasteiger charge is -2.14. The minimum absolute atomic E-state index is 0.901. The molecule has 0 aliphatic heterocycles. The second-order valence-corrected chi connectivity index (χ2v) is 11.6. The van der Waals surface area contributed by atoms with E-state index in [-0.39, 0.29) is 0 Å².